The Balaban J connectivity index is 1.25. The summed E-state index contributed by atoms with van der Waals surface area (Å²) >= 11 is 0. The maximum absolute atomic E-state index is 13.8. The molecule has 1 amide bonds. The van der Waals surface area contributed by atoms with Crippen LogP contribution in [0.3, 0.4) is 0 Å². The molecule has 1 saturated heterocycles. The molecule has 1 aromatic carbocycles. The van der Waals surface area contributed by atoms with Gasteiger partial charge in [0.15, 0.2) is 0 Å². The Bertz CT molecular complexity index is 1120. The van der Waals surface area contributed by atoms with Crippen molar-refractivity contribution < 1.29 is 27.1 Å². The second-order valence-corrected chi connectivity index (χ2v) is 10.8. The van der Waals surface area contributed by atoms with Gasteiger partial charge in [-0.2, -0.15) is 13.2 Å². The van der Waals surface area contributed by atoms with Crippen LogP contribution in [-0.4, -0.2) is 60.1 Å². The number of amides is 1. The zero-order valence-electron chi connectivity index (χ0n) is 21.1. The van der Waals surface area contributed by atoms with Gasteiger partial charge in [-0.1, -0.05) is 12.1 Å². The lowest BCUT2D eigenvalue weighted by atomic mass is 9.81. The van der Waals surface area contributed by atoms with Gasteiger partial charge in [0.05, 0.1) is 17.6 Å². The van der Waals surface area contributed by atoms with E-state index in [0.29, 0.717) is 49.1 Å². The lowest BCUT2D eigenvalue weighted by molar-refractivity contribution is -0.145. The van der Waals surface area contributed by atoms with E-state index in [9.17, 15) is 22.4 Å². The minimum absolute atomic E-state index is 0.0418. The third-order valence-electron chi connectivity index (χ3n) is 8.47. The van der Waals surface area contributed by atoms with Crippen LogP contribution in [0.2, 0.25) is 0 Å². The van der Waals surface area contributed by atoms with Crippen molar-refractivity contribution in [1.29, 1.82) is 0 Å². The lowest BCUT2D eigenvalue weighted by Gasteiger charge is -2.38. The Morgan fingerprint density at radius 3 is 2.54 bits per heavy atom. The first-order valence-electron chi connectivity index (χ1n) is 13.0. The molecule has 3 aliphatic rings. The van der Waals surface area contributed by atoms with E-state index in [1.165, 1.54) is 17.7 Å². The molecule has 9 heteroatoms. The van der Waals surface area contributed by atoms with Crippen LogP contribution in [-0.2, 0) is 28.7 Å². The highest BCUT2D eigenvalue weighted by molar-refractivity contribution is 5.84. The predicted molar refractivity (Wildman–Crippen MR) is 130 cm³/mol. The van der Waals surface area contributed by atoms with E-state index in [2.05, 4.69) is 9.88 Å². The number of aromatic nitrogens is 1. The Morgan fingerprint density at radius 1 is 1.14 bits per heavy atom. The molecule has 0 spiro atoms. The molecule has 1 aromatic heterocycles. The molecule has 1 aliphatic carbocycles. The highest BCUT2D eigenvalue weighted by atomic mass is 19.4. The smallest absolute Gasteiger partial charge is 0.384 e. The summed E-state index contributed by atoms with van der Waals surface area (Å²) in [4.78, 5) is 22.0. The predicted octanol–water partition coefficient (Wildman–Crippen LogP) is 5.19. The largest absolute Gasteiger partial charge is 0.417 e. The van der Waals surface area contributed by atoms with Crippen molar-refractivity contribution in [3.8, 4) is 0 Å². The molecule has 2 aromatic rings. The molecule has 5 rings (SSSR count). The minimum Gasteiger partial charge on any atom is -0.384 e. The summed E-state index contributed by atoms with van der Waals surface area (Å²) in [6, 6.07) is 8.30. The third kappa shape index (κ3) is 5.39. The maximum Gasteiger partial charge on any atom is 0.417 e. The number of rotatable bonds is 5. The summed E-state index contributed by atoms with van der Waals surface area (Å²) in [5.74, 6) is 0.163. The molecular formula is C28H33F4N3O2. The van der Waals surface area contributed by atoms with E-state index in [-0.39, 0.29) is 24.9 Å². The van der Waals surface area contributed by atoms with Crippen molar-refractivity contribution in [1.82, 2.24) is 14.8 Å². The molecule has 5 nitrogen and oxygen atoms in total. The van der Waals surface area contributed by atoms with Crippen molar-refractivity contribution in [2.24, 2.45) is 5.41 Å². The Hall–Kier alpha value is -2.52. The SMILES string of the molecule is COCC1(C(=O)N2CCc3ncc(C(F)(F)F)cc3C2)CCN(C2CCC(c3ccc(F)cc3)CC2)C1. The monoisotopic (exact) mass is 519 g/mol. The van der Waals surface area contributed by atoms with Gasteiger partial charge in [-0.3, -0.25) is 14.7 Å². The fourth-order valence-electron chi connectivity index (χ4n) is 6.45. The van der Waals surface area contributed by atoms with Gasteiger partial charge < -0.3 is 9.64 Å². The molecule has 0 radical (unpaired) electrons. The normalized spacial score (nSPS) is 26.8. The highest BCUT2D eigenvalue weighted by Gasteiger charge is 2.49. The van der Waals surface area contributed by atoms with E-state index in [4.69, 9.17) is 4.74 Å². The highest BCUT2D eigenvalue weighted by Crippen LogP contribution is 2.41. The summed E-state index contributed by atoms with van der Waals surface area (Å²) in [5.41, 5.74) is 0.795. The van der Waals surface area contributed by atoms with Gasteiger partial charge in [0, 0.05) is 51.1 Å². The average molecular weight is 520 g/mol. The number of pyridine rings is 1. The number of hydrogen-bond donors (Lipinski definition) is 0. The van der Waals surface area contributed by atoms with Gasteiger partial charge in [-0.15, -0.1) is 0 Å². The standard InChI is InChI=1S/C28H33F4N3O2/c1-37-18-27(26(36)34-12-10-25-21(16-34)14-22(15-33-25)28(30,31)32)11-13-35(17-27)24-8-4-20(5-9-24)19-2-6-23(29)7-3-19/h2-3,6-7,14-15,20,24H,4-5,8-13,16-18H2,1H3. The third-order valence-corrected chi connectivity index (χ3v) is 8.47. The Kier molecular flexibility index (Phi) is 7.29. The lowest BCUT2D eigenvalue weighted by Crippen LogP contribution is -2.50. The zero-order valence-corrected chi connectivity index (χ0v) is 21.1. The van der Waals surface area contributed by atoms with Crippen LogP contribution in [0.1, 0.15) is 60.4 Å². The number of carbonyl (C=O) groups is 1. The van der Waals surface area contributed by atoms with Gasteiger partial charge >= 0.3 is 6.18 Å². The number of methoxy groups -OCH3 is 1. The topological polar surface area (TPSA) is 45.7 Å². The number of fused-ring (bicyclic) bond motifs is 1. The zero-order chi connectivity index (χ0) is 26.2. The van der Waals surface area contributed by atoms with Crippen LogP contribution in [0.15, 0.2) is 36.5 Å². The first-order valence-corrected chi connectivity index (χ1v) is 13.0. The summed E-state index contributed by atoms with van der Waals surface area (Å²) < 4.78 is 58.5. The van der Waals surface area contributed by atoms with Crippen LogP contribution >= 0.6 is 0 Å². The summed E-state index contributed by atoms with van der Waals surface area (Å²) in [5, 5.41) is 0. The number of hydrogen-bond acceptors (Lipinski definition) is 4. The summed E-state index contributed by atoms with van der Waals surface area (Å²) in [6.07, 6.45) is 1.60. The van der Waals surface area contributed by atoms with E-state index < -0.39 is 17.2 Å². The number of alkyl halides is 3. The molecule has 37 heavy (non-hydrogen) atoms. The van der Waals surface area contributed by atoms with E-state index in [1.54, 1.807) is 12.0 Å². The minimum atomic E-state index is -4.47. The second-order valence-electron chi connectivity index (χ2n) is 10.8. The molecule has 1 unspecified atom stereocenters. The van der Waals surface area contributed by atoms with Crippen LogP contribution in [0.25, 0.3) is 0 Å². The quantitative estimate of drug-likeness (QED) is 0.511. The number of nitrogens with zero attached hydrogens (tertiary/aromatic N) is 3. The maximum atomic E-state index is 13.8. The molecule has 2 fully saturated rings. The Morgan fingerprint density at radius 2 is 1.86 bits per heavy atom. The van der Waals surface area contributed by atoms with E-state index >= 15 is 0 Å². The number of ether oxygens (including phenoxy) is 1. The number of halogens is 4. The first kappa shape index (κ1) is 26.1. The first-order chi connectivity index (χ1) is 17.7. The molecule has 1 atom stereocenters. The van der Waals surface area contributed by atoms with Crippen molar-refractivity contribution in [2.45, 2.75) is 63.2 Å². The summed E-state index contributed by atoms with van der Waals surface area (Å²) in [7, 11) is 1.59. The van der Waals surface area contributed by atoms with Crippen LogP contribution < -0.4 is 0 Å². The van der Waals surface area contributed by atoms with Gasteiger partial charge in [0.1, 0.15) is 5.82 Å². The van der Waals surface area contributed by atoms with Crippen molar-refractivity contribution in [3.05, 3.63) is 64.7 Å². The molecule has 0 bridgehead atoms. The van der Waals surface area contributed by atoms with Gasteiger partial charge in [0.25, 0.3) is 0 Å². The van der Waals surface area contributed by atoms with Gasteiger partial charge in [0.2, 0.25) is 5.91 Å². The number of benzene rings is 1. The fourth-order valence-corrected chi connectivity index (χ4v) is 6.45. The van der Waals surface area contributed by atoms with Gasteiger partial charge in [-0.05, 0) is 73.9 Å². The number of carbonyl (C=O) groups excluding carboxylic acids is 1. The molecule has 200 valence electrons. The van der Waals surface area contributed by atoms with Crippen LogP contribution in [0.5, 0.6) is 0 Å². The molecule has 1 saturated carbocycles. The fraction of sp³-hybridized carbons (Fsp3) is 0.571. The molecular weight excluding hydrogens is 486 g/mol. The second kappa shape index (κ2) is 10.3. The average Bonchev–Trinajstić information content (AvgIpc) is 3.33. The van der Waals surface area contributed by atoms with Crippen molar-refractivity contribution in [3.63, 3.8) is 0 Å². The van der Waals surface area contributed by atoms with E-state index in [0.717, 1.165) is 44.5 Å². The number of likely N-dealkylation sites (tertiary alicyclic amines) is 1. The molecule has 2 aliphatic heterocycles. The molecule has 0 N–H and O–H groups in total. The van der Waals surface area contributed by atoms with Crippen LogP contribution in [0, 0.1) is 11.2 Å². The van der Waals surface area contributed by atoms with Crippen molar-refractivity contribution in [2.75, 3.05) is 33.4 Å². The Labute approximate surface area is 214 Å². The van der Waals surface area contributed by atoms with Crippen LogP contribution in [0.4, 0.5) is 17.6 Å². The molecule has 3 heterocycles. The summed E-state index contributed by atoms with van der Waals surface area (Å²) in [6.45, 7) is 2.26. The van der Waals surface area contributed by atoms with E-state index in [1.807, 2.05) is 12.1 Å². The van der Waals surface area contributed by atoms with Gasteiger partial charge in [-0.25, -0.2) is 4.39 Å². The van der Waals surface area contributed by atoms with Crippen molar-refractivity contribution >= 4 is 5.91 Å².